The van der Waals surface area contributed by atoms with E-state index in [0.717, 1.165) is 5.56 Å². The van der Waals surface area contributed by atoms with Gasteiger partial charge in [-0.3, -0.25) is 5.32 Å². The van der Waals surface area contributed by atoms with E-state index in [1.807, 2.05) is 12.1 Å². The van der Waals surface area contributed by atoms with Crippen LogP contribution in [0, 0.1) is 0 Å². The van der Waals surface area contributed by atoms with Crippen LogP contribution in [0.25, 0.3) is 0 Å². The van der Waals surface area contributed by atoms with Gasteiger partial charge >= 0.3 is 6.09 Å². The van der Waals surface area contributed by atoms with Crippen LogP contribution >= 0.6 is 0 Å². The average molecular weight is 222 g/mol. The summed E-state index contributed by atoms with van der Waals surface area (Å²) in [6, 6.07) is 3.80. The Bertz CT molecular complexity index is 370. The normalized spacial score (nSPS) is 11.0. The highest BCUT2D eigenvalue weighted by atomic mass is 16.5. The summed E-state index contributed by atoms with van der Waals surface area (Å²) in [5, 5.41) is 2.58. The fourth-order valence-electron chi connectivity index (χ4n) is 1.24. The molecule has 1 aromatic rings. The van der Waals surface area contributed by atoms with Crippen LogP contribution in [-0.4, -0.2) is 17.7 Å². The Morgan fingerprint density at radius 3 is 2.75 bits per heavy atom. The Morgan fingerprint density at radius 2 is 2.19 bits per heavy atom. The van der Waals surface area contributed by atoms with Gasteiger partial charge in [0.1, 0.15) is 5.82 Å². The molecule has 0 fully saturated rings. The van der Waals surface area contributed by atoms with Gasteiger partial charge in [0.25, 0.3) is 0 Å². The molecule has 1 aromatic heterocycles. The summed E-state index contributed by atoms with van der Waals surface area (Å²) in [6.07, 6.45) is 1.21. The number of carbonyl (C=O) groups excluding carboxylic acids is 1. The molecule has 0 aliphatic heterocycles. The summed E-state index contributed by atoms with van der Waals surface area (Å²) in [6.45, 7) is 8.44. The van der Waals surface area contributed by atoms with Crippen LogP contribution in [0.1, 0.15) is 33.3 Å². The Labute approximate surface area is 96.0 Å². The van der Waals surface area contributed by atoms with E-state index in [9.17, 15) is 4.79 Å². The monoisotopic (exact) mass is 222 g/mol. The molecule has 4 nitrogen and oxygen atoms in total. The van der Waals surface area contributed by atoms with E-state index in [1.165, 1.54) is 0 Å². The maximum atomic E-state index is 11.2. The van der Waals surface area contributed by atoms with Crippen molar-refractivity contribution in [3.63, 3.8) is 0 Å². The highest BCUT2D eigenvalue weighted by molar-refractivity contribution is 5.83. The summed E-state index contributed by atoms with van der Waals surface area (Å²) in [5.41, 5.74) is 1.16. The van der Waals surface area contributed by atoms with Crippen LogP contribution in [0.15, 0.2) is 18.3 Å². The summed E-state index contributed by atoms with van der Waals surface area (Å²) in [5.74, 6) is 0.519. The first kappa shape index (κ1) is 12.5. The fourth-order valence-corrected chi connectivity index (χ4v) is 1.24. The Hall–Kier alpha value is -1.58. The number of nitrogens with one attached hydrogen (secondary N) is 1. The van der Waals surface area contributed by atoms with Gasteiger partial charge in [-0.25, -0.2) is 9.78 Å². The number of pyridine rings is 1. The first-order valence-electron chi connectivity index (χ1n) is 5.34. The second-order valence-electron chi connectivity index (χ2n) is 4.53. The zero-order valence-electron chi connectivity index (χ0n) is 10.2. The van der Waals surface area contributed by atoms with E-state index >= 15 is 0 Å². The van der Waals surface area contributed by atoms with Crippen molar-refractivity contribution >= 4 is 11.9 Å². The maximum Gasteiger partial charge on any atom is 0.412 e. The molecule has 1 rings (SSSR count). The molecule has 0 aromatic carbocycles. The van der Waals surface area contributed by atoms with Crippen molar-refractivity contribution in [3.05, 3.63) is 23.9 Å². The SMILES string of the molecule is CCOC(=O)Nc1cc(C(C)(C)C)ccn1. The first-order chi connectivity index (χ1) is 7.43. The predicted molar refractivity (Wildman–Crippen MR) is 63.6 cm³/mol. The van der Waals surface area contributed by atoms with E-state index in [2.05, 4.69) is 31.1 Å². The van der Waals surface area contributed by atoms with Crippen molar-refractivity contribution in [3.8, 4) is 0 Å². The van der Waals surface area contributed by atoms with Crippen LogP contribution in [0.5, 0.6) is 0 Å². The number of hydrogen-bond donors (Lipinski definition) is 1. The summed E-state index contributed by atoms with van der Waals surface area (Å²) >= 11 is 0. The molecule has 88 valence electrons. The van der Waals surface area contributed by atoms with Crippen molar-refractivity contribution < 1.29 is 9.53 Å². The minimum absolute atomic E-state index is 0.0357. The molecular formula is C12H18N2O2. The highest BCUT2D eigenvalue weighted by Crippen LogP contribution is 2.23. The number of amides is 1. The average Bonchev–Trinajstić information content (AvgIpc) is 2.17. The second-order valence-corrected chi connectivity index (χ2v) is 4.53. The Kier molecular flexibility index (Phi) is 3.88. The van der Waals surface area contributed by atoms with E-state index < -0.39 is 6.09 Å². The number of aromatic nitrogens is 1. The zero-order chi connectivity index (χ0) is 12.2. The number of carbonyl (C=O) groups is 1. The zero-order valence-corrected chi connectivity index (χ0v) is 10.2. The van der Waals surface area contributed by atoms with Crippen molar-refractivity contribution in [1.29, 1.82) is 0 Å². The third kappa shape index (κ3) is 3.53. The fraction of sp³-hybridized carbons (Fsp3) is 0.500. The summed E-state index contributed by atoms with van der Waals surface area (Å²) in [7, 11) is 0. The van der Waals surface area contributed by atoms with E-state index in [4.69, 9.17) is 4.74 Å². The van der Waals surface area contributed by atoms with Gasteiger partial charge in [0, 0.05) is 6.20 Å². The number of rotatable bonds is 2. The Morgan fingerprint density at radius 1 is 1.50 bits per heavy atom. The molecule has 0 aliphatic rings. The van der Waals surface area contributed by atoms with Gasteiger partial charge in [-0.2, -0.15) is 0 Å². The first-order valence-corrected chi connectivity index (χ1v) is 5.34. The van der Waals surface area contributed by atoms with Crippen molar-refractivity contribution in [1.82, 2.24) is 4.98 Å². The largest absolute Gasteiger partial charge is 0.450 e. The van der Waals surface area contributed by atoms with E-state index in [-0.39, 0.29) is 5.41 Å². The molecule has 0 radical (unpaired) electrons. The van der Waals surface area contributed by atoms with Crippen molar-refractivity contribution in [2.24, 2.45) is 0 Å². The molecule has 0 spiro atoms. The predicted octanol–water partition coefficient (Wildman–Crippen LogP) is 2.95. The maximum absolute atomic E-state index is 11.2. The van der Waals surface area contributed by atoms with Crippen molar-refractivity contribution in [2.45, 2.75) is 33.1 Å². The molecule has 1 amide bonds. The van der Waals surface area contributed by atoms with Gasteiger partial charge in [0.15, 0.2) is 0 Å². The molecule has 1 N–H and O–H groups in total. The molecule has 0 saturated heterocycles. The lowest BCUT2D eigenvalue weighted by atomic mass is 9.88. The topological polar surface area (TPSA) is 51.2 Å². The summed E-state index contributed by atoms with van der Waals surface area (Å²) in [4.78, 5) is 15.3. The highest BCUT2D eigenvalue weighted by Gasteiger charge is 2.14. The van der Waals surface area contributed by atoms with Crippen LogP contribution in [-0.2, 0) is 10.2 Å². The van der Waals surface area contributed by atoms with Gasteiger partial charge in [0.05, 0.1) is 6.61 Å². The lowest BCUT2D eigenvalue weighted by Gasteiger charge is -2.19. The minimum Gasteiger partial charge on any atom is -0.450 e. The molecule has 16 heavy (non-hydrogen) atoms. The number of anilines is 1. The van der Waals surface area contributed by atoms with Gasteiger partial charge in [-0.05, 0) is 30.0 Å². The van der Waals surface area contributed by atoms with E-state index in [0.29, 0.717) is 12.4 Å². The molecule has 0 bridgehead atoms. The lowest BCUT2D eigenvalue weighted by molar-refractivity contribution is 0.168. The number of nitrogens with zero attached hydrogens (tertiary/aromatic N) is 1. The standard InChI is InChI=1S/C12H18N2O2/c1-5-16-11(15)14-10-8-9(6-7-13-10)12(2,3)4/h6-8H,5H2,1-4H3,(H,13,14,15). The van der Waals surface area contributed by atoms with Gasteiger partial charge in [-0.15, -0.1) is 0 Å². The van der Waals surface area contributed by atoms with Gasteiger partial charge in [0.2, 0.25) is 0 Å². The summed E-state index contributed by atoms with van der Waals surface area (Å²) < 4.78 is 4.78. The van der Waals surface area contributed by atoms with Crippen molar-refractivity contribution in [2.75, 3.05) is 11.9 Å². The number of hydrogen-bond acceptors (Lipinski definition) is 3. The van der Waals surface area contributed by atoms with Crippen LogP contribution in [0.3, 0.4) is 0 Å². The lowest BCUT2D eigenvalue weighted by Crippen LogP contribution is -2.16. The minimum atomic E-state index is -0.471. The molecule has 0 atom stereocenters. The third-order valence-electron chi connectivity index (χ3n) is 2.13. The van der Waals surface area contributed by atoms with E-state index in [1.54, 1.807) is 13.1 Å². The quantitative estimate of drug-likeness (QED) is 0.837. The molecule has 4 heteroatoms. The number of ether oxygens (including phenoxy) is 1. The third-order valence-corrected chi connectivity index (χ3v) is 2.13. The smallest absolute Gasteiger partial charge is 0.412 e. The molecular weight excluding hydrogens is 204 g/mol. The molecule has 0 unspecified atom stereocenters. The van der Waals surface area contributed by atoms with Crippen LogP contribution < -0.4 is 5.32 Å². The van der Waals surface area contributed by atoms with Gasteiger partial charge in [-0.1, -0.05) is 20.8 Å². The van der Waals surface area contributed by atoms with Crippen LogP contribution in [0.2, 0.25) is 0 Å². The van der Waals surface area contributed by atoms with Crippen LogP contribution in [0.4, 0.5) is 10.6 Å². The molecule has 0 saturated carbocycles. The Balaban J connectivity index is 2.79. The molecule has 1 heterocycles. The molecule has 0 aliphatic carbocycles. The second kappa shape index (κ2) is 4.96. The van der Waals surface area contributed by atoms with Gasteiger partial charge < -0.3 is 4.74 Å².